The lowest BCUT2D eigenvalue weighted by Gasteiger charge is -2.38. The summed E-state index contributed by atoms with van der Waals surface area (Å²) in [7, 11) is 0. The summed E-state index contributed by atoms with van der Waals surface area (Å²) >= 11 is 12.0. The summed E-state index contributed by atoms with van der Waals surface area (Å²) in [6, 6.07) is 5.11. The van der Waals surface area contributed by atoms with Crippen molar-refractivity contribution in [2.75, 3.05) is 51.1 Å². The van der Waals surface area contributed by atoms with Crippen LogP contribution < -0.4 is 5.32 Å². The van der Waals surface area contributed by atoms with Gasteiger partial charge in [-0.2, -0.15) is 0 Å². The van der Waals surface area contributed by atoms with E-state index in [1.165, 1.54) is 6.42 Å². The molecule has 2 aliphatic heterocycles. The van der Waals surface area contributed by atoms with Crippen molar-refractivity contribution in [3.8, 4) is 0 Å². The fraction of sp³-hybridized carbons (Fsp3) is 0.556. The van der Waals surface area contributed by atoms with Gasteiger partial charge in [0.15, 0.2) is 0 Å². The van der Waals surface area contributed by atoms with Crippen LogP contribution in [0.2, 0.25) is 10.0 Å². The Hall–Kier alpha value is -1.50. The lowest BCUT2D eigenvalue weighted by atomic mass is 10.1. The summed E-state index contributed by atoms with van der Waals surface area (Å²) in [5.41, 5.74) is 0.517. The van der Waals surface area contributed by atoms with E-state index in [9.17, 15) is 9.59 Å². The number of nitrogens with one attached hydrogen (secondary N) is 1. The van der Waals surface area contributed by atoms with Crippen LogP contribution in [0.5, 0.6) is 0 Å². The molecular formula is C18H24Cl2N4O2. The van der Waals surface area contributed by atoms with Gasteiger partial charge in [0.25, 0.3) is 0 Å². The van der Waals surface area contributed by atoms with E-state index in [2.05, 4.69) is 5.32 Å². The largest absolute Gasteiger partial charge is 0.325 e. The summed E-state index contributed by atoms with van der Waals surface area (Å²) < 4.78 is 0. The van der Waals surface area contributed by atoms with Crippen LogP contribution in [0.1, 0.15) is 19.3 Å². The molecule has 1 aromatic carbocycles. The monoisotopic (exact) mass is 398 g/mol. The maximum absolute atomic E-state index is 12.5. The van der Waals surface area contributed by atoms with Gasteiger partial charge in [-0.15, -0.1) is 0 Å². The molecule has 0 aromatic heterocycles. The molecule has 0 aliphatic carbocycles. The number of carbonyl (C=O) groups is 2. The molecule has 3 amide bonds. The highest BCUT2D eigenvalue weighted by Crippen LogP contribution is 2.25. The molecule has 0 radical (unpaired) electrons. The first-order valence-corrected chi connectivity index (χ1v) is 9.79. The van der Waals surface area contributed by atoms with Crippen LogP contribution in [0.15, 0.2) is 18.2 Å². The number of urea groups is 1. The van der Waals surface area contributed by atoms with Gasteiger partial charge in [0.05, 0.1) is 17.3 Å². The first-order chi connectivity index (χ1) is 12.5. The standard InChI is InChI=1S/C18H24Cl2N4O2/c19-14-4-5-15(20)16(12-14)21-17(25)13-22-8-10-24(11-9-22)18(26)23-6-2-1-3-7-23/h4-5,12H,1-3,6-11,13H2,(H,21,25). The molecule has 0 spiro atoms. The summed E-state index contributed by atoms with van der Waals surface area (Å²) in [4.78, 5) is 30.7. The number of halogens is 2. The Kier molecular flexibility index (Phi) is 6.62. The van der Waals surface area contributed by atoms with Crippen molar-refractivity contribution >= 4 is 40.8 Å². The van der Waals surface area contributed by atoms with Gasteiger partial charge in [-0.1, -0.05) is 23.2 Å². The van der Waals surface area contributed by atoms with Crippen LogP contribution in [-0.2, 0) is 4.79 Å². The number of benzene rings is 1. The maximum atomic E-state index is 12.5. The molecule has 2 aliphatic rings. The van der Waals surface area contributed by atoms with Crippen molar-refractivity contribution in [2.24, 2.45) is 0 Å². The van der Waals surface area contributed by atoms with Gasteiger partial charge >= 0.3 is 6.03 Å². The predicted molar refractivity (Wildman–Crippen MR) is 104 cm³/mol. The third-order valence-corrected chi connectivity index (χ3v) is 5.40. The van der Waals surface area contributed by atoms with E-state index in [0.717, 1.165) is 25.9 Å². The molecule has 8 heteroatoms. The van der Waals surface area contributed by atoms with Crippen molar-refractivity contribution in [2.45, 2.75) is 19.3 Å². The fourth-order valence-electron chi connectivity index (χ4n) is 3.37. The number of nitrogens with zero attached hydrogens (tertiary/aromatic N) is 3. The number of hydrogen-bond donors (Lipinski definition) is 1. The molecule has 26 heavy (non-hydrogen) atoms. The lowest BCUT2D eigenvalue weighted by molar-refractivity contribution is -0.117. The Morgan fingerprint density at radius 1 is 0.923 bits per heavy atom. The number of piperidine rings is 1. The third-order valence-electron chi connectivity index (χ3n) is 4.84. The number of anilines is 1. The first-order valence-electron chi connectivity index (χ1n) is 9.04. The highest BCUT2D eigenvalue weighted by Gasteiger charge is 2.26. The van der Waals surface area contributed by atoms with E-state index in [4.69, 9.17) is 23.2 Å². The minimum absolute atomic E-state index is 0.134. The van der Waals surface area contributed by atoms with E-state index in [1.807, 2.05) is 14.7 Å². The fourth-order valence-corrected chi connectivity index (χ4v) is 3.71. The van der Waals surface area contributed by atoms with Crippen LogP contribution >= 0.6 is 23.2 Å². The molecule has 0 atom stereocenters. The Morgan fingerprint density at radius 2 is 1.58 bits per heavy atom. The number of piperazine rings is 1. The zero-order valence-corrected chi connectivity index (χ0v) is 16.2. The van der Waals surface area contributed by atoms with Gasteiger partial charge in [-0.3, -0.25) is 9.69 Å². The van der Waals surface area contributed by atoms with Crippen LogP contribution in [0.4, 0.5) is 10.5 Å². The maximum Gasteiger partial charge on any atom is 0.320 e. The number of likely N-dealkylation sites (tertiary alicyclic amines) is 1. The molecular weight excluding hydrogens is 375 g/mol. The van der Waals surface area contributed by atoms with Gasteiger partial charge in [0, 0.05) is 44.3 Å². The second-order valence-corrected chi connectivity index (χ2v) is 7.61. The third kappa shape index (κ3) is 5.02. The molecule has 0 bridgehead atoms. The zero-order chi connectivity index (χ0) is 18.5. The first kappa shape index (κ1) is 19.3. The van der Waals surface area contributed by atoms with Gasteiger partial charge in [-0.25, -0.2) is 4.79 Å². The number of hydrogen-bond acceptors (Lipinski definition) is 3. The Bertz CT molecular complexity index is 657. The van der Waals surface area contributed by atoms with Gasteiger partial charge in [0.2, 0.25) is 5.91 Å². The number of carbonyl (C=O) groups excluding carboxylic acids is 2. The molecule has 0 unspecified atom stereocenters. The molecule has 2 saturated heterocycles. The lowest BCUT2D eigenvalue weighted by Crippen LogP contribution is -2.54. The highest BCUT2D eigenvalue weighted by molar-refractivity contribution is 6.35. The molecule has 2 heterocycles. The van der Waals surface area contributed by atoms with Crippen molar-refractivity contribution in [1.29, 1.82) is 0 Å². The second-order valence-electron chi connectivity index (χ2n) is 6.77. The van der Waals surface area contributed by atoms with Crippen molar-refractivity contribution in [3.05, 3.63) is 28.2 Å². The SMILES string of the molecule is O=C(CN1CCN(C(=O)N2CCCCC2)CC1)Nc1cc(Cl)ccc1Cl. The quantitative estimate of drug-likeness (QED) is 0.850. The molecule has 1 aromatic rings. The zero-order valence-electron chi connectivity index (χ0n) is 14.7. The summed E-state index contributed by atoms with van der Waals surface area (Å²) in [6.07, 6.45) is 3.40. The Labute approximate surface area is 164 Å². The molecule has 2 fully saturated rings. The summed E-state index contributed by atoms with van der Waals surface area (Å²) in [6.45, 7) is 4.69. The summed E-state index contributed by atoms with van der Waals surface area (Å²) in [5.74, 6) is -0.134. The Balaban J connectivity index is 1.45. The van der Waals surface area contributed by atoms with Crippen LogP contribution in [0.3, 0.4) is 0 Å². The topological polar surface area (TPSA) is 55.9 Å². The Morgan fingerprint density at radius 3 is 2.27 bits per heavy atom. The number of amides is 3. The average molecular weight is 399 g/mol. The summed E-state index contributed by atoms with van der Waals surface area (Å²) in [5, 5.41) is 3.78. The molecule has 3 rings (SSSR count). The van der Waals surface area contributed by atoms with Crippen molar-refractivity contribution < 1.29 is 9.59 Å². The highest BCUT2D eigenvalue weighted by atomic mass is 35.5. The predicted octanol–water partition coefficient (Wildman–Crippen LogP) is 3.16. The molecule has 142 valence electrons. The van der Waals surface area contributed by atoms with E-state index < -0.39 is 0 Å². The average Bonchev–Trinajstić information content (AvgIpc) is 2.65. The van der Waals surface area contributed by atoms with Crippen molar-refractivity contribution in [1.82, 2.24) is 14.7 Å². The van der Waals surface area contributed by atoms with Gasteiger partial charge < -0.3 is 15.1 Å². The minimum Gasteiger partial charge on any atom is -0.325 e. The van der Waals surface area contributed by atoms with Crippen LogP contribution in [0, 0.1) is 0 Å². The van der Waals surface area contributed by atoms with Crippen LogP contribution in [0.25, 0.3) is 0 Å². The van der Waals surface area contributed by atoms with E-state index in [-0.39, 0.29) is 18.5 Å². The number of rotatable bonds is 3. The second kappa shape index (κ2) is 8.93. The molecule has 1 N–H and O–H groups in total. The molecule has 6 nitrogen and oxygen atoms in total. The normalized spacial score (nSPS) is 18.7. The molecule has 0 saturated carbocycles. The minimum atomic E-state index is -0.134. The van der Waals surface area contributed by atoms with Gasteiger partial charge in [-0.05, 0) is 37.5 Å². The van der Waals surface area contributed by atoms with Gasteiger partial charge in [0.1, 0.15) is 0 Å². The van der Waals surface area contributed by atoms with Crippen molar-refractivity contribution in [3.63, 3.8) is 0 Å². The van der Waals surface area contributed by atoms with E-state index in [1.54, 1.807) is 18.2 Å². The van der Waals surface area contributed by atoms with E-state index in [0.29, 0.717) is 41.9 Å². The van der Waals surface area contributed by atoms with Crippen LogP contribution in [-0.4, -0.2) is 72.5 Å². The van der Waals surface area contributed by atoms with E-state index >= 15 is 0 Å². The smallest absolute Gasteiger partial charge is 0.320 e.